The molecule has 0 atom stereocenters. The van der Waals surface area contributed by atoms with Gasteiger partial charge in [0.2, 0.25) is 0 Å². The molecule has 0 aliphatic carbocycles. The fourth-order valence-electron chi connectivity index (χ4n) is 0.501. The molecule has 0 bridgehead atoms. The molecule has 0 aromatic heterocycles. The van der Waals surface area contributed by atoms with Crippen LogP contribution in [0.3, 0.4) is 0 Å². The minimum absolute atomic E-state index is 0.720. The average molecular weight is 338 g/mol. The third-order valence-electron chi connectivity index (χ3n) is 0.900. The van der Waals surface area contributed by atoms with Gasteiger partial charge in [-0.2, -0.15) is 0 Å². The van der Waals surface area contributed by atoms with Gasteiger partial charge < -0.3 is 0 Å². The van der Waals surface area contributed by atoms with Crippen molar-refractivity contribution in [1.29, 1.82) is 15.8 Å². The van der Waals surface area contributed by atoms with E-state index in [1.54, 1.807) is 8.44 Å². The van der Waals surface area contributed by atoms with Crippen molar-refractivity contribution < 1.29 is 0 Å². The first-order chi connectivity index (χ1) is 5.80. The molecule has 1 heterocycles. The summed E-state index contributed by atoms with van der Waals surface area (Å²) in [5.41, 5.74) is 0. The van der Waals surface area contributed by atoms with Crippen LogP contribution in [-0.4, -0.2) is 56.1 Å². The van der Waals surface area contributed by atoms with Crippen LogP contribution in [0, 0.1) is 34.4 Å². The Morgan fingerprint density at radius 2 is 0.917 bits per heavy atom. The molecule has 12 heavy (non-hydrogen) atoms. The molecule has 54 valence electrons. The Morgan fingerprint density at radius 1 is 0.667 bits per heavy atom. The van der Waals surface area contributed by atoms with Gasteiger partial charge in [0, 0.05) is 0 Å². The van der Waals surface area contributed by atoms with E-state index in [0.29, 0.717) is 0 Å². The third kappa shape index (κ3) is 2.24. The zero-order valence-electron chi connectivity index (χ0n) is 5.68. The molecule has 1 aliphatic rings. The second-order valence-electron chi connectivity index (χ2n) is 1.61. The SMILES string of the molecule is N#C[N]1[Ge][N](C#N)[Ge][N](C#N)[Ge]1. The van der Waals surface area contributed by atoms with Gasteiger partial charge in [0.1, 0.15) is 0 Å². The van der Waals surface area contributed by atoms with Gasteiger partial charge in [0.25, 0.3) is 0 Å². The normalized spacial score (nSPS) is 16.2. The molecule has 0 aromatic rings. The molecule has 0 saturated carbocycles. The number of hydrogen-bond acceptors (Lipinski definition) is 6. The van der Waals surface area contributed by atoms with Crippen LogP contribution in [0.25, 0.3) is 0 Å². The number of rotatable bonds is 0. The molecule has 9 heteroatoms. The van der Waals surface area contributed by atoms with Gasteiger partial charge in [-0.15, -0.1) is 0 Å². The van der Waals surface area contributed by atoms with Crippen molar-refractivity contribution in [3.05, 3.63) is 0 Å². The predicted octanol–water partition coefficient (Wildman–Crippen LogP) is -2.05. The van der Waals surface area contributed by atoms with Crippen LogP contribution < -0.4 is 0 Å². The van der Waals surface area contributed by atoms with Crippen LogP contribution in [0.1, 0.15) is 0 Å². The molecule has 0 amide bonds. The summed E-state index contributed by atoms with van der Waals surface area (Å²) in [6.45, 7) is 0. The summed E-state index contributed by atoms with van der Waals surface area (Å²) in [4.78, 5) is 0. The molecule has 1 rings (SSSR count). The van der Waals surface area contributed by atoms with Gasteiger partial charge >= 0.3 is 90.4 Å². The quantitative estimate of drug-likeness (QED) is 0.374. The van der Waals surface area contributed by atoms with Crippen molar-refractivity contribution in [3.63, 3.8) is 0 Å². The van der Waals surface area contributed by atoms with Crippen LogP contribution in [0.4, 0.5) is 0 Å². The van der Waals surface area contributed by atoms with Crippen molar-refractivity contribution in [2.24, 2.45) is 0 Å². The first kappa shape index (κ1) is 9.59. The van der Waals surface area contributed by atoms with Gasteiger partial charge in [-0.25, -0.2) is 0 Å². The van der Waals surface area contributed by atoms with E-state index in [-0.39, 0.29) is 0 Å². The molecule has 1 aliphatic heterocycles. The molecule has 6 nitrogen and oxygen atoms in total. The topological polar surface area (TPSA) is 81.1 Å². The zero-order valence-corrected chi connectivity index (χ0v) is 12.0. The van der Waals surface area contributed by atoms with E-state index in [4.69, 9.17) is 15.8 Å². The predicted molar refractivity (Wildman–Crippen MR) is 39.6 cm³/mol. The van der Waals surface area contributed by atoms with E-state index in [0.717, 1.165) is 0 Å². The van der Waals surface area contributed by atoms with Crippen molar-refractivity contribution in [1.82, 2.24) is 8.44 Å². The van der Waals surface area contributed by atoms with E-state index in [1.165, 1.54) is 0 Å². The van der Waals surface area contributed by atoms with E-state index >= 15 is 0 Å². The summed E-state index contributed by atoms with van der Waals surface area (Å²) in [7, 11) is 0. The van der Waals surface area contributed by atoms with Crippen LogP contribution in [0.2, 0.25) is 0 Å². The Morgan fingerprint density at radius 3 is 1.08 bits per heavy atom. The van der Waals surface area contributed by atoms with Crippen LogP contribution in [0.15, 0.2) is 0 Å². The van der Waals surface area contributed by atoms with Crippen molar-refractivity contribution >= 4 is 47.6 Å². The standard InChI is InChI=1S/C3Ge3N6/c7-1-10-4-11(2-8)6-12(3-9)5-10. The third-order valence-corrected chi connectivity index (χ3v) is 11.2. The second kappa shape index (κ2) is 4.51. The average Bonchev–Trinajstić information content (AvgIpc) is 2.16. The van der Waals surface area contributed by atoms with E-state index < -0.39 is 47.6 Å². The molecule has 0 unspecified atom stereocenters. The first-order valence-corrected chi connectivity index (χ1v) is 8.31. The summed E-state index contributed by atoms with van der Waals surface area (Å²) in [5, 5.41) is 25.8. The Hall–Kier alpha value is -0.501. The Kier molecular flexibility index (Phi) is 3.60. The molecule has 0 N–H and O–H groups in total. The van der Waals surface area contributed by atoms with Crippen molar-refractivity contribution in [2.75, 3.05) is 0 Å². The van der Waals surface area contributed by atoms with E-state index in [1.807, 2.05) is 18.6 Å². The second-order valence-corrected chi connectivity index (χ2v) is 14.4. The number of hydrogen-bond donors (Lipinski definition) is 0. The first-order valence-electron chi connectivity index (χ1n) is 2.68. The Bertz CT molecular complexity index is 230. The summed E-state index contributed by atoms with van der Waals surface area (Å²) >= 11 is -2.16. The van der Waals surface area contributed by atoms with Gasteiger partial charge in [-0.3, -0.25) is 0 Å². The van der Waals surface area contributed by atoms with Crippen LogP contribution in [-0.2, 0) is 0 Å². The number of nitriles is 3. The van der Waals surface area contributed by atoms with Crippen LogP contribution >= 0.6 is 0 Å². The molecular weight excluding hydrogens is 338 g/mol. The summed E-state index contributed by atoms with van der Waals surface area (Å²) in [6, 6.07) is 0. The van der Waals surface area contributed by atoms with Crippen molar-refractivity contribution in [2.45, 2.75) is 0 Å². The molecular formula is C3Ge3N6. The fraction of sp³-hybridized carbons (Fsp3) is 0. The summed E-state index contributed by atoms with van der Waals surface area (Å²) in [6.07, 6.45) is 6.03. The van der Waals surface area contributed by atoms with Gasteiger partial charge in [0.05, 0.1) is 0 Å². The maximum atomic E-state index is 8.60. The van der Waals surface area contributed by atoms with Crippen molar-refractivity contribution in [3.8, 4) is 18.6 Å². The maximum absolute atomic E-state index is 8.60. The van der Waals surface area contributed by atoms with Gasteiger partial charge in [0.15, 0.2) is 0 Å². The minimum atomic E-state index is -0.720. The van der Waals surface area contributed by atoms with E-state index in [9.17, 15) is 0 Å². The molecule has 1 saturated heterocycles. The molecule has 6 radical (unpaired) electrons. The summed E-state index contributed by atoms with van der Waals surface area (Å²) < 4.78 is 4.83. The van der Waals surface area contributed by atoms with Gasteiger partial charge in [-0.05, 0) is 0 Å². The number of nitrogens with zero attached hydrogens (tertiary/aromatic N) is 6. The zero-order chi connectivity index (χ0) is 8.97. The van der Waals surface area contributed by atoms with E-state index in [2.05, 4.69) is 0 Å². The van der Waals surface area contributed by atoms with Crippen LogP contribution in [0.5, 0.6) is 0 Å². The monoisotopic (exact) mass is 342 g/mol. The molecule has 0 spiro atoms. The van der Waals surface area contributed by atoms with Gasteiger partial charge in [-0.1, -0.05) is 0 Å². The Labute approximate surface area is 90.1 Å². The molecule has 0 aromatic carbocycles. The Balaban J connectivity index is 2.63. The fourth-order valence-corrected chi connectivity index (χ4v) is 17.5. The summed E-state index contributed by atoms with van der Waals surface area (Å²) in [5.74, 6) is 0. The molecule has 1 fully saturated rings.